The summed E-state index contributed by atoms with van der Waals surface area (Å²) in [4.78, 5) is 10.3. The van der Waals surface area contributed by atoms with E-state index in [0.717, 1.165) is 0 Å². The topological polar surface area (TPSA) is 26.3 Å². The van der Waals surface area contributed by atoms with Crippen molar-refractivity contribution in [2.24, 2.45) is 0 Å². The van der Waals surface area contributed by atoms with Crippen LogP contribution in [-0.2, 0) is 9.53 Å². The lowest BCUT2D eigenvalue weighted by Crippen LogP contribution is -2.32. The van der Waals surface area contributed by atoms with Gasteiger partial charge in [-0.2, -0.15) is 0 Å². The maximum Gasteiger partial charge on any atom is 0.331 e. The van der Waals surface area contributed by atoms with Crippen LogP contribution in [0.15, 0.2) is 24.3 Å². The maximum atomic E-state index is 11.3. The van der Waals surface area contributed by atoms with Gasteiger partial charge in [0.05, 0.1) is 6.61 Å². The van der Waals surface area contributed by atoms with Crippen LogP contribution in [0.1, 0.15) is 13.3 Å². The van der Waals surface area contributed by atoms with E-state index >= 15 is 0 Å². The highest BCUT2D eigenvalue weighted by Gasteiger charge is 2.34. The number of rotatable bonds is 2. The Hall–Kier alpha value is -0.760. The minimum atomic E-state index is -0.968. The van der Waals surface area contributed by atoms with Gasteiger partial charge in [0, 0.05) is 0 Å². The fraction of sp³-hybridized carbons (Fsp3) is 0.444. The number of allylic oxidation sites excluding steroid dienone is 3. The predicted octanol–water partition coefficient (Wildman–Crippen LogP) is 2.04. The summed E-state index contributed by atoms with van der Waals surface area (Å²) < 4.78 is 4.83. The summed E-state index contributed by atoms with van der Waals surface area (Å²) in [7, 11) is 0. The molecule has 0 bridgehead atoms. The largest absolute Gasteiger partial charge is 0.464 e. The summed E-state index contributed by atoms with van der Waals surface area (Å²) in [6, 6.07) is 0. The Morgan fingerprint density at radius 2 is 2.42 bits per heavy atom. The van der Waals surface area contributed by atoms with Gasteiger partial charge in [0.2, 0.25) is 0 Å². The van der Waals surface area contributed by atoms with Crippen molar-refractivity contribution in [3.63, 3.8) is 0 Å². The van der Waals surface area contributed by atoms with Gasteiger partial charge in [0.15, 0.2) is 4.87 Å². The van der Waals surface area contributed by atoms with Gasteiger partial charge >= 0.3 is 5.97 Å². The van der Waals surface area contributed by atoms with E-state index in [1.165, 1.54) is 0 Å². The monoisotopic (exact) mass is 186 g/mol. The zero-order valence-electron chi connectivity index (χ0n) is 6.92. The fourth-order valence-corrected chi connectivity index (χ4v) is 1.21. The number of hydrogen-bond donors (Lipinski definition) is 0. The molecule has 0 spiro atoms. The molecule has 0 aromatic rings. The molecule has 2 nitrogen and oxygen atoms in total. The number of halogens is 1. The highest BCUT2D eigenvalue weighted by Crippen LogP contribution is 2.26. The molecule has 1 aliphatic carbocycles. The fourth-order valence-electron chi connectivity index (χ4n) is 0.997. The maximum absolute atomic E-state index is 11.3. The van der Waals surface area contributed by atoms with Gasteiger partial charge in [0.1, 0.15) is 0 Å². The normalized spacial score (nSPS) is 27.2. The lowest BCUT2D eigenvalue weighted by molar-refractivity contribution is -0.144. The molecule has 0 saturated heterocycles. The molecule has 0 aromatic carbocycles. The zero-order valence-corrected chi connectivity index (χ0v) is 7.67. The standard InChI is InChI=1S/C9H11ClO2/c1-2-12-8(11)9(10)6-4-3-5-7-9/h3-6H,2,7H2,1H3. The minimum absolute atomic E-state index is 0.366. The Labute approximate surface area is 76.9 Å². The Kier molecular flexibility index (Phi) is 2.93. The summed E-state index contributed by atoms with van der Waals surface area (Å²) in [5, 5.41) is 0. The lowest BCUT2D eigenvalue weighted by Gasteiger charge is -2.20. The quantitative estimate of drug-likeness (QED) is 0.487. The summed E-state index contributed by atoms with van der Waals surface area (Å²) in [6.45, 7) is 2.13. The highest BCUT2D eigenvalue weighted by molar-refractivity contribution is 6.35. The van der Waals surface area contributed by atoms with Crippen molar-refractivity contribution >= 4 is 17.6 Å². The summed E-state index contributed by atoms with van der Waals surface area (Å²) in [5.74, 6) is -0.368. The first-order chi connectivity index (χ1) is 5.69. The summed E-state index contributed by atoms with van der Waals surface area (Å²) >= 11 is 5.99. The number of ether oxygens (including phenoxy) is 1. The van der Waals surface area contributed by atoms with E-state index in [0.29, 0.717) is 13.0 Å². The molecular weight excluding hydrogens is 176 g/mol. The van der Waals surface area contributed by atoms with E-state index in [9.17, 15) is 4.79 Å². The molecule has 0 amide bonds. The van der Waals surface area contributed by atoms with Crippen LogP contribution in [0.2, 0.25) is 0 Å². The average Bonchev–Trinajstić information content (AvgIpc) is 2.06. The van der Waals surface area contributed by atoms with Crippen LogP contribution in [0.25, 0.3) is 0 Å². The smallest absolute Gasteiger partial charge is 0.331 e. The molecule has 1 rings (SSSR count). The molecular formula is C9H11ClO2. The van der Waals surface area contributed by atoms with E-state index in [4.69, 9.17) is 16.3 Å². The summed E-state index contributed by atoms with van der Waals surface area (Å²) in [5.41, 5.74) is 0. The van der Waals surface area contributed by atoms with E-state index in [1.807, 2.05) is 12.2 Å². The van der Waals surface area contributed by atoms with E-state index in [1.54, 1.807) is 19.1 Å². The Balaban J connectivity index is 2.65. The second-order valence-electron chi connectivity index (χ2n) is 2.57. The third-order valence-corrected chi connectivity index (χ3v) is 2.07. The second-order valence-corrected chi connectivity index (χ2v) is 3.25. The van der Waals surface area contributed by atoms with E-state index in [-0.39, 0.29) is 5.97 Å². The van der Waals surface area contributed by atoms with E-state index < -0.39 is 4.87 Å². The number of esters is 1. The van der Waals surface area contributed by atoms with Crippen LogP contribution in [0.5, 0.6) is 0 Å². The zero-order chi connectivity index (χ0) is 9.03. The van der Waals surface area contributed by atoms with Crippen LogP contribution < -0.4 is 0 Å². The molecule has 0 heterocycles. The van der Waals surface area contributed by atoms with Crippen molar-refractivity contribution in [2.45, 2.75) is 18.2 Å². The molecule has 66 valence electrons. The SMILES string of the molecule is CCOC(=O)C1(Cl)C=CC=CC1. The molecule has 0 fully saturated rings. The summed E-state index contributed by atoms with van der Waals surface area (Å²) in [6.07, 6.45) is 7.63. The number of carbonyl (C=O) groups is 1. The van der Waals surface area contributed by atoms with Crippen molar-refractivity contribution in [3.8, 4) is 0 Å². The third kappa shape index (κ3) is 1.89. The van der Waals surface area contributed by atoms with Gasteiger partial charge in [-0.1, -0.05) is 24.3 Å². The van der Waals surface area contributed by atoms with Crippen molar-refractivity contribution in [1.29, 1.82) is 0 Å². The molecule has 0 radical (unpaired) electrons. The van der Waals surface area contributed by atoms with Gasteiger partial charge in [-0.25, -0.2) is 4.79 Å². The molecule has 1 unspecified atom stereocenters. The Morgan fingerprint density at radius 1 is 1.67 bits per heavy atom. The Morgan fingerprint density at radius 3 is 2.92 bits per heavy atom. The van der Waals surface area contributed by atoms with Crippen molar-refractivity contribution < 1.29 is 9.53 Å². The van der Waals surface area contributed by atoms with Crippen LogP contribution in [0.4, 0.5) is 0 Å². The van der Waals surface area contributed by atoms with Gasteiger partial charge in [0.25, 0.3) is 0 Å². The molecule has 0 N–H and O–H groups in total. The molecule has 0 aromatic heterocycles. The minimum Gasteiger partial charge on any atom is -0.464 e. The predicted molar refractivity (Wildman–Crippen MR) is 48.1 cm³/mol. The van der Waals surface area contributed by atoms with Crippen molar-refractivity contribution in [3.05, 3.63) is 24.3 Å². The molecule has 1 aliphatic rings. The average molecular weight is 187 g/mol. The van der Waals surface area contributed by atoms with Crippen LogP contribution in [-0.4, -0.2) is 17.5 Å². The lowest BCUT2D eigenvalue weighted by atomic mass is 10.0. The third-order valence-electron chi connectivity index (χ3n) is 1.64. The number of alkyl halides is 1. The molecule has 12 heavy (non-hydrogen) atoms. The van der Waals surface area contributed by atoms with Crippen LogP contribution >= 0.6 is 11.6 Å². The van der Waals surface area contributed by atoms with Crippen molar-refractivity contribution in [2.75, 3.05) is 6.61 Å². The van der Waals surface area contributed by atoms with Gasteiger partial charge < -0.3 is 4.74 Å². The highest BCUT2D eigenvalue weighted by atomic mass is 35.5. The Bertz CT molecular complexity index is 233. The molecule has 0 aliphatic heterocycles. The van der Waals surface area contributed by atoms with Gasteiger partial charge in [-0.05, 0) is 13.3 Å². The van der Waals surface area contributed by atoms with Gasteiger partial charge in [-0.3, -0.25) is 0 Å². The number of carbonyl (C=O) groups excluding carboxylic acids is 1. The first kappa shape index (κ1) is 9.33. The first-order valence-corrected chi connectivity index (χ1v) is 4.27. The van der Waals surface area contributed by atoms with E-state index in [2.05, 4.69) is 0 Å². The molecule has 3 heteroatoms. The van der Waals surface area contributed by atoms with Crippen LogP contribution in [0, 0.1) is 0 Å². The molecule has 1 atom stereocenters. The number of hydrogen-bond acceptors (Lipinski definition) is 2. The van der Waals surface area contributed by atoms with Crippen LogP contribution in [0.3, 0.4) is 0 Å². The second kappa shape index (κ2) is 3.76. The first-order valence-electron chi connectivity index (χ1n) is 3.89. The van der Waals surface area contributed by atoms with Gasteiger partial charge in [-0.15, -0.1) is 11.6 Å². The van der Waals surface area contributed by atoms with Crippen molar-refractivity contribution in [1.82, 2.24) is 0 Å². The molecule has 0 saturated carbocycles.